The molecule has 1 saturated heterocycles. The maximum Gasteiger partial charge on any atom is 0.213 e. The average Bonchev–Trinajstić information content (AvgIpc) is 3.06. The van der Waals surface area contributed by atoms with Gasteiger partial charge in [-0.15, -0.1) is 0 Å². The number of methoxy groups -OCH3 is 1. The number of hydrogen-bond donors (Lipinski definition) is 0. The summed E-state index contributed by atoms with van der Waals surface area (Å²) in [5.41, 5.74) is 0.609. The third-order valence-electron chi connectivity index (χ3n) is 4.68. The van der Waals surface area contributed by atoms with Crippen LogP contribution >= 0.6 is 0 Å². The summed E-state index contributed by atoms with van der Waals surface area (Å²) in [5, 5.41) is 0. The van der Waals surface area contributed by atoms with E-state index in [4.69, 9.17) is 4.74 Å². The molecule has 0 saturated carbocycles. The van der Waals surface area contributed by atoms with Crippen LogP contribution in [0.3, 0.4) is 0 Å². The zero-order valence-electron chi connectivity index (χ0n) is 14.2. The molecule has 7 heteroatoms. The van der Waals surface area contributed by atoms with Crippen molar-refractivity contribution in [2.75, 3.05) is 20.2 Å². The first-order valence-corrected chi connectivity index (χ1v) is 8.22. The summed E-state index contributed by atoms with van der Waals surface area (Å²) in [6.45, 7) is 3.33. The SMILES string of the molecule is COc1ccc(F)c(C(C)N2CC[C@H](Cc3ncc(F)cc3F)C2)n1. The summed E-state index contributed by atoms with van der Waals surface area (Å²) < 4.78 is 45.9. The van der Waals surface area contributed by atoms with Gasteiger partial charge in [0.05, 0.1) is 30.7 Å². The van der Waals surface area contributed by atoms with Crippen LogP contribution in [0, 0.1) is 23.4 Å². The lowest BCUT2D eigenvalue weighted by Gasteiger charge is -2.24. The zero-order chi connectivity index (χ0) is 18.0. The minimum absolute atomic E-state index is 0.184. The van der Waals surface area contributed by atoms with Gasteiger partial charge in [0.15, 0.2) is 0 Å². The van der Waals surface area contributed by atoms with E-state index in [1.54, 1.807) is 0 Å². The first-order chi connectivity index (χ1) is 12.0. The highest BCUT2D eigenvalue weighted by molar-refractivity contribution is 5.20. The van der Waals surface area contributed by atoms with E-state index in [9.17, 15) is 13.2 Å². The maximum atomic E-state index is 14.1. The lowest BCUT2D eigenvalue weighted by Crippen LogP contribution is -2.26. The Morgan fingerprint density at radius 1 is 1.28 bits per heavy atom. The van der Waals surface area contributed by atoms with Gasteiger partial charge in [-0.05, 0) is 38.3 Å². The van der Waals surface area contributed by atoms with E-state index in [1.807, 2.05) is 6.92 Å². The lowest BCUT2D eigenvalue weighted by molar-refractivity contribution is 0.240. The van der Waals surface area contributed by atoms with Crippen LogP contribution in [0.4, 0.5) is 13.2 Å². The molecule has 3 rings (SSSR count). The van der Waals surface area contributed by atoms with Gasteiger partial charge in [0.2, 0.25) is 5.88 Å². The van der Waals surface area contributed by atoms with Crippen molar-refractivity contribution in [3.05, 3.63) is 53.2 Å². The molecule has 0 N–H and O–H groups in total. The first-order valence-electron chi connectivity index (χ1n) is 8.22. The molecule has 1 unspecified atom stereocenters. The van der Waals surface area contributed by atoms with Crippen molar-refractivity contribution in [1.29, 1.82) is 0 Å². The highest BCUT2D eigenvalue weighted by atomic mass is 19.1. The topological polar surface area (TPSA) is 38.2 Å². The fourth-order valence-corrected chi connectivity index (χ4v) is 3.27. The number of rotatable bonds is 5. The molecule has 2 aromatic rings. The number of hydrogen-bond acceptors (Lipinski definition) is 4. The van der Waals surface area contributed by atoms with Crippen molar-refractivity contribution in [3.8, 4) is 5.88 Å². The van der Waals surface area contributed by atoms with E-state index < -0.39 is 11.6 Å². The van der Waals surface area contributed by atoms with Gasteiger partial charge in [-0.2, -0.15) is 0 Å². The molecule has 1 aliphatic rings. The normalized spacial score (nSPS) is 19.2. The van der Waals surface area contributed by atoms with Crippen molar-refractivity contribution in [3.63, 3.8) is 0 Å². The number of likely N-dealkylation sites (tertiary alicyclic amines) is 1. The van der Waals surface area contributed by atoms with E-state index in [1.165, 1.54) is 19.2 Å². The fourth-order valence-electron chi connectivity index (χ4n) is 3.27. The fraction of sp³-hybridized carbons (Fsp3) is 0.444. The summed E-state index contributed by atoms with van der Waals surface area (Å²) in [6.07, 6.45) is 2.31. The van der Waals surface area contributed by atoms with Crippen LogP contribution in [-0.4, -0.2) is 35.1 Å². The summed E-state index contributed by atoms with van der Waals surface area (Å²) in [6, 6.07) is 3.48. The Morgan fingerprint density at radius 3 is 2.80 bits per heavy atom. The first kappa shape index (κ1) is 17.7. The second kappa shape index (κ2) is 7.39. The van der Waals surface area contributed by atoms with Crippen molar-refractivity contribution < 1.29 is 17.9 Å². The molecular formula is C18H20F3N3O. The second-order valence-electron chi connectivity index (χ2n) is 6.33. The number of halogens is 3. The van der Waals surface area contributed by atoms with Gasteiger partial charge < -0.3 is 4.74 Å². The van der Waals surface area contributed by atoms with Crippen LogP contribution in [0.25, 0.3) is 0 Å². The largest absolute Gasteiger partial charge is 0.481 e. The highest BCUT2D eigenvalue weighted by Crippen LogP contribution is 2.30. The third-order valence-corrected chi connectivity index (χ3v) is 4.68. The predicted octanol–water partition coefficient (Wildman–Crippen LogP) is 3.53. The van der Waals surface area contributed by atoms with Crippen molar-refractivity contribution >= 4 is 0 Å². The van der Waals surface area contributed by atoms with E-state index in [2.05, 4.69) is 14.9 Å². The summed E-state index contributed by atoms with van der Waals surface area (Å²) in [5.74, 6) is -1.11. The molecule has 0 radical (unpaired) electrons. The zero-order valence-corrected chi connectivity index (χ0v) is 14.2. The Hall–Kier alpha value is -2.15. The van der Waals surface area contributed by atoms with Gasteiger partial charge in [0.1, 0.15) is 17.5 Å². The van der Waals surface area contributed by atoms with Crippen LogP contribution in [0.1, 0.15) is 30.8 Å². The predicted molar refractivity (Wildman–Crippen MR) is 86.7 cm³/mol. The number of aromatic nitrogens is 2. The van der Waals surface area contributed by atoms with Crippen LogP contribution < -0.4 is 4.74 Å². The molecule has 25 heavy (non-hydrogen) atoms. The Morgan fingerprint density at radius 2 is 2.08 bits per heavy atom. The van der Waals surface area contributed by atoms with Gasteiger partial charge >= 0.3 is 0 Å². The van der Waals surface area contributed by atoms with Crippen LogP contribution in [0.2, 0.25) is 0 Å². The number of nitrogens with zero attached hydrogens (tertiary/aromatic N) is 3. The molecule has 1 fully saturated rings. The molecular weight excluding hydrogens is 331 g/mol. The molecule has 2 atom stereocenters. The van der Waals surface area contributed by atoms with Gasteiger partial charge in [0.25, 0.3) is 0 Å². The minimum atomic E-state index is -0.678. The van der Waals surface area contributed by atoms with Crippen molar-refractivity contribution in [2.45, 2.75) is 25.8 Å². The summed E-state index contributed by atoms with van der Waals surface area (Å²) in [4.78, 5) is 10.2. The van der Waals surface area contributed by atoms with E-state index in [0.29, 0.717) is 24.5 Å². The monoisotopic (exact) mass is 351 g/mol. The van der Waals surface area contributed by atoms with Gasteiger partial charge in [-0.25, -0.2) is 18.2 Å². The summed E-state index contributed by atoms with van der Waals surface area (Å²) >= 11 is 0. The van der Waals surface area contributed by atoms with Crippen LogP contribution in [0.5, 0.6) is 5.88 Å². The molecule has 3 heterocycles. The average molecular weight is 351 g/mol. The maximum absolute atomic E-state index is 14.1. The van der Waals surface area contributed by atoms with E-state index >= 15 is 0 Å². The number of pyridine rings is 2. The molecule has 2 aromatic heterocycles. The molecule has 0 aromatic carbocycles. The summed E-state index contributed by atoms with van der Waals surface area (Å²) in [7, 11) is 1.49. The number of ether oxygens (including phenoxy) is 1. The second-order valence-corrected chi connectivity index (χ2v) is 6.33. The molecule has 1 aliphatic heterocycles. The third kappa shape index (κ3) is 3.92. The Bertz CT molecular complexity index is 756. The Labute approximate surface area is 144 Å². The molecule has 0 spiro atoms. The highest BCUT2D eigenvalue weighted by Gasteiger charge is 2.30. The van der Waals surface area contributed by atoms with Crippen molar-refractivity contribution in [1.82, 2.24) is 14.9 Å². The smallest absolute Gasteiger partial charge is 0.213 e. The molecule has 0 amide bonds. The van der Waals surface area contributed by atoms with Crippen LogP contribution in [-0.2, 0) is 6.42 Å². The molecule has 0 bridgehead atoms. The standard InChI is InChI=1S/C18H20F3N3O/c1-11(18-14(20)3-4-17(23-18)25-2)24-6-5-12(10-24)7-16-15(21)8-13(19)9-22-16/h3-4,8-9,11-12H,5-7,10H2,1-2H3/t11?,12-/m1/s1. The van der Waals surface area contributed by atoms with Gasteiger partial charge in [-0.1, -0.05) is 0 Å². The van der Waals surface area contributed by atoms with E-state index in [-0.39, 0.29) is 23.5 Å². The lowest BCUT2D eigenvalue weighted by atomic mass is 10.0. The van der Waals surface area contributed by atoms with Gasteiger partial charge in [0, 0.05) is 18.7 Å². The van der Waals surface area contributed by atoms with Crippen LogP contribution in [0.15, 0.2) is 24.4 Å². The molecule has 4 nitrogen and oxygen atoms in total. The molecule has 0 aliphatic carbocycles. The Balaban J connectivity index is 1.68. The van der Waals surface area contributed by atoms with Gasteiger partial charge in [-0.3, -0.25) is 9.88 Å². The van der Waals surface area contributed by atoms with E-state index in [0.717, 1.165) is 25.2 Å². The minimum Gasteiger partial charge on any atom is -0.481 e. The Kier molecular flexibility index (Phi) is 5.22. The quantitative estimate of drug-likeness (QED) is 0.826. The molecule has 134 valence electrons. The van der Waals surface area contributed by atoms with Crippen molar-refractivity contribution in [2.24, 2.45) is 5.92 Å².